The molecule has 4 bridgehead atoms. The number of amides is 2. The van der Waals surface area contributed by atoms with E-state index in [9.17, 15) is 9.59 Å². The van der Waals surface area contributed by atoms with Gasteiger partial charge in [-0.1, -0.05) is 26.0 Å². The van der Waals surface area contributed by atoms with Crippen molar-refractivity contribution in [3.8, 4) is 0 Å². The summed E-state index contributed by atoms with van der Waals surface area (Å²) in [5, 5.41) is 7.66. The summed E-state index contributed by atoms with van der Waals surface area (Å²) in [5.41, 5.74) is 8.59. The number of benzene rings is 1. The molecule has 244 valence electrons. The van der Waals surface area contributed by atoms with Crippen LogP contribution in [0.5, 0.6) is 0 Å². The number of rotatable bonds is 11. The molecule has 6 aliphatic rings. The highest BCUT2D eigenvalue weighted by Crippen LogP contribution is 2.60. The third-order valence-corrected chi connectivity index (χ3v) is 11.1. The van der Waals surface area contributed by atoms with Gasteiger partial charge in [0.05, 0.1) is 19.4 Å². The molecule has 5 aliphatic carbocycles. The maximum absolute atomic E-state index is 13.7. The van der Waals surface area contributed by atoms with E-state index in [4.69, 9.17) is 4.74 Å². The fourth-order valence-electron chi connectivity index (χ4n) is 9.20. The van der Waals surface area contributed by atoms with Gasteiger partial charge in [-0.15, -0.1) is 0 Å². The summed E-state index contributed by atoms with van der Waals surface area (Å²) in [6.45, 7) is 13.4. The van der Waals surface area contributed by atoms with Crippen molar-refractivity contribution in [2.75, 3.05) is 44.3 Å². The SMILES string of the molecule is CCN(CC)c1ccc(/C=C2\CCC(/C=N/NC(=O)C(NC(=O)C34CC5CC(CC(C5)C3)C4)C(C)C)=C2N2CCOCC2)cc1. The van der Waals surface area contributed by atoms with Crippen molar-refractivity contribution in [1.82, 2.24) is 15.6 Å². The lowest BCUT2D eigenvalue weighted by Crippen LogP contribution is -2.58. The summed E-state index contributed by atoms with van der Waals surface area (Å²) in [7, 11) is 0. The van der Waals surface area contributed by atoms with Gasteiger partial charge in [-0.25, -0.2) is 5.43 Å². The van der Waals surface area contributed by atoms with Crippen LogP contribution in [-0.2, 0) is 14.3 Å². The van der Waals surface area contributed by atoms with Crippen molar-refractivity contribution >= 4 is 29.8 Å². The smallest absolute Gasteiger partial charge is 0.262 e. The van der Waals surface area contributed by atoms with Crippen LogP contribution < -0.4 is 15.6 Å². The largest absolute Gasteiger partial charge is 0.378 e. The van der Waals surface area contributed by atoms with Crippen LogP contribution in [0.1, 0.15) is 84.6 Å². The predicted octanol–water partition coefficient (Wildman–Crippen LogP) is 5.76. The number of hydrogen-bond acceptors (Lipinski definition) is 6. The van der Waals surface area contributed by atoms with Crippen LogP contribution in [-0.4, -0.2) is 68.4 Å². The number of anilines is 1. The van der Waals surface area contributed by atoms with Crippen molar-refractivity contribution in [2.45, 2.75) is 85.1 Å². The summed E-state index contributed by atoms with van der Waals surface area (Å²) in [5.74, 6) is 1.87. The second-order valence-electron chi connectivity index (χ2n) is 14.5. The Kier molecular flexibility index (Phi) is 9.69. The molecule has 4 saturated carbocycles. The summed E-state index contributed by atoms with van der Waals surface area (Å²) >= 11 is 0. The molecule has 45 heavy (non-hydrogen) atoms. The molecule has 2 N–H and O–H groups in total. The Morgan fingerprint density at radius 2 is 1.62 bits per heavy atom. The zero-order chi connectivity index (χ0) is 31.6. The van der Waals surface area contributed by atoms with Crippen LogP contribution in [0.4, 0.5) is 5.69 Å². The number of ether oxygens (including phenoxy) is 1. The molecular weight excluding hydrogens is 562 g/mol. The molecule has 1 saturated heterocycles. The van der Waals surface area contributed by atoms with Crippen LogP contribution in [0, 0.1) is 29.1 Å². The molecule has 8 nitrogen and oxygen atoms in total. The van der Waals surface area contributed by atoms with Gasteiger partial charge < -0.3 is 19.9 Å². The lowest BCUT2D eigenvalue weighted by atomic mass is 9.49. The fourth-order valence-corrected chi connectivity index (χ4v) is 9.20. The Bertz CT molecular complexity index is 1280. The van der Waals surface area contributed by atoms with Gasteiger partial charge in [0.1, 0.15) is 6.04 Å². The molecule has 1 aliphatic heterocycles. The van der Waals surface area contributed by atoms with E-state index in [0.717, 1.165) is 63.9 Å². The van der Waals surface area contributed by atoms with Gasteiger partial charge in [0.15, 0.2) is 0 Å². The molecule has 1 aromatic carbocycles. The maximum Gasteiger partial charge on any atom is 0.262 e. The van der Waals surface area contributed by atoms with Gasteiger partial charge in [-0.3, -0.25) is 9.59 Å². The molecule has 5 fully saturated rings. The third kappa shape index (κ3) is 6.86. The van der Waals surface area contributed by atoms with Crippen LogP contribution in [0.15, 0.2) is 46.2 Å². The first-order valence-corrected chi connectivity index (χ1v) is 17.5. The Labute approximate surface area is 269 Å². The minimum Gasteiger partial charge on any atom is -0.378 e. The lowest BCUT2D eigenvalue weighted by Gasteiger charge is -2.55. The quantitative estimate of drug-likeness (QED) is 0.244. The van der Waals surface area contributed by atoms with E-state index < -0.39 is 6.04 Å². The highest BCUT2D eigenvalue weighted by Gasteiger charge is 2.55. The van der Waals surface area contributed by atoms with Crippen molar-refractivity contribution in [3.05, 3.63) is 46.7 Å². The van der Waals surface area contributed by atoms with E-state index >= 15 is 0 Å². The minimum absolute atomic E-state index is 0.0321. The second kappa shape index (κ2) is 13.7. The molecule has 8 heteroatoms. The number of allylic oxidation sites excluding steroid dienone is 2. The molecule has 2 amide bonds. The summed E-state index contributed by atoms with van der Waals surface area (Å²) in [6.07, 6.45) is 12.8. The van der Waals surface area contributed by atoms with Gasteiger partial charge >= 0.3 is 0 Å². The van der Waals surface area contributed by atoms with E-state index in [0.29, 0.717) is 31.0 Å². The number of carbonyl (C=O) groups excluding carboxylic acids is 2. The first kappa shape index (κ1) is 31.8. The summed E-state index contributed by atoms with van der Waals surface area (Å²) in [6, 6.07) is 8.21. The van der Waals surface area contributed by atoms with E-state index in [-0.39, 0.29) is 23.1 Å². The highest BCUT2D eigenvalue weighted by molar-refractivity contribution is 5.91. The normalized spacial score (nSPS) is 29.2. The lowest BCUT2D eigenvalue weighted by molar-refractivity contribution is -0.149. The van der Waals surface area contributed by atoms with Gasteiger partial charge in [0.2, 0.25) is 5.91 Å². The third-order valence-electron chi connectivity index (χ3n) is 11.1. The van der Waals surface area contributed by atoms with E-state index in [1.807, 2.05) is 20.1 Å². The van der Waals surface area contributed by atoms with Crippen LogP contribution in [0.25, 0.3) is 6.08 Å². The Hall–Kier alpha value is -3.13. The maximum atomic E-state index is 13.7. The number of nitrogens with zero attached hydrogens (tertiary/aromatic N) is 3. The van der Waals surface area contributed by atoms with Gasteiger partial charge in [-0.2, -0.15) is 5.10 Å². The summed E-state index contributed by atoms with van der Waals surface area (Å²) < 4.78 is 5.66. The molecular formula is C37H53N5O3. The monoisotopic (exact) mass is 615 g/mol. The molecule has 1 atom stereocenters. The van der Waals surface area contributed by atoms with E-state index in [1.54, 1.807) is 0 Å². The molecule has 0 radical (unpaired) electrons. The first-order chi connectivity index (χ1) is 21.8. The van der Waals surface area contributed by atoms with Crippen molar-refractivity contribution in [3.63, 3.8) is 0 Å². The molecule has 1 heterocycles. The van der Waals surface area contributed by atoms with Gasteiger partial charge in [-0.05, 0) is 124 Å². The van der Waals surface area contributed by atoms with Crippen molar-refractivity contribution < 1.29 is 14.3 Å². The molecule has 1 unspecified atom stereocenters. The molecule has 7 rings (SSSR count). The van der Waals surface area contributed by atoms with E-state index in [2.05, 4.69) is 69.8 Å². The number of hydrazone groups is 1. The average Bonchev–Trinajstić information content (AvgIpc) is 3.42. The zero-order valence-electron chi connectivity index (χ0n) is 27.8. The topological polar surface area (TPSA) is 86.3 Å². The van der Waals surface area contributed by atoms with Crippen molar-refractivity contribution in [2.24, 2.45) is 34.2 Å². The fraction of sp³-hybridized carbons (Fsp3) is 0.649. The van der Waals surface area contributed by atoms with Crippen molar-refractivity contribution in [1.29, 1.82) is 0 Å². The Morgan fingerprint density at radius 3 is 2.20 bits per heavy atom. The summed E-state index contributed by atoms with van der Waals surface area (Å²) in [4.78, 5) is 31.9. The standard InChI is InChI=1S/C37H53N5O3/c1-5-41(6-2)32-11-7-26(8-12-32)20-30-9-10-31(34(30)42-13-15-45-16-14-42)24-38-40-35(43)33(25(3)4)39-36(44)37-21-27-17-28(22-37)19-29(18-27)23-37/h7-8,11-12,20,24-25,27-29,33H,5-6,9-10,13-19,21-23H2,1-4H3,(H,39,44)(H,40,43)/b30-20+,38-24+. The molecule has 1 aromatic rings. The number of morpholine rings is 1. The van der Waals surface area contributed by atoms with Gasteiger partial charge in [0, 0.05) is 43.0 Å². The zero-order valence-corrected chi connectivity index (χ0v) is 27.8. The number of nitrogens with one attached hydrogen (secondary N) is 2. The minimum atomic E-state index is -0.603. The molecule has 0 aromatic heterocycles. The predicted molar refractivity (Wildman–Crippen MR) is 181 cm³/mol. The van der Waals surface area contributed by atoms with Crippen LogP contribution in [0.2, 0.25) is 0 Å². The first-order valence-electron chi connectivity index (χ1n) is 17.5. The Balaban J connectivity index is 1.15. The number of carbonyl (C=O) groups is 2. The highest BCUT2D eigenvalue weighted by atomic mass is 16.5. The van der Waals surface area contributed by atoms with Gasteiger partial charge in [0.25, 0.3) is 5.91 Å². The van der Waals surface area contributed by atoms with Crippen LogP contribution >= 0.6 is 0 Å². The average molecular weight is 616 g/mol. The second-order valence-corrected chi connectivity index (χ2v) is 14.5. The van der Waals surface area contributed by atoms with Crippen LogP contribution in [0.3, 0.4) is 0 Å². The Morgan fingerprint density at radius 1 is 1.00 bits per heavy atom. The van der Waals surface area contributed by atoms with E-state index in [1.165, 1.54) is 41.8 Å². The molecule has 0 spiro atoms. The number of hydrogen-bond donors (Lipinski definition) is 2.